The second-order valence-electron chi connectivity index (χ2n) is 5.47. The molecule has 150 valence electrons. The number of fused-ring (bicyclic) bond motifs is 1. The summed E-state index contributed by atoms with van der Waals surface area (Å²) < 4.78 is 5.99. The number of phenols is 5. The van der Waals surface area contributed by atoms with E-state index in [1.165, 1.54) is 12.1 Å². The standard InChI is InChI=1S/C17H12Br2O7.C2H6/c1-2-8-9(11(20)5-3-6(18)12(21)7(19)4-5)10-13(22)14(23)15(24)16(25)17(10)26-8;1-2/h3-4,21-25H,2H2,1H3;1-2H3. The number of aromatic hydroxyl groups is 5. The van der Waals surface area contributed by atoms with E-state index >= 15 is 0 Å². The van der Waals surface area contributed by atoms with Gasteiger partial charge in [0.15, 0.2) is 17.1 Å². The molecule has 3 aromatic rings. The average molecular weight is 518 g/mol. The Labute approximate surface area is 177 Å². The van der Waals surface area contributed by atoms with Gasteiger partial charge in [0, 0.05) is 12.0 Å². The van der Waals surface area contributed by atoms with E-state index in [4.69, 9.17) is 4.42 Å². The van der Waals surface area contributed by atoms with Gasteiger partial charge in [-0.05, 0) is 44.0 Å². The second-order valence-corrected chi connectivity index (χ2v) is 7.18. The minimum absolute atomic E-state index is 0.0601. The largest absolute Gasteiger partial charge is 0.506 e. The Kier molecular flexibility index (Phi) is 6.51. The number of halogens is 2. The Morgan fingerprint density at radius 3 is 1.89 bits per heavy atom. The first kappa shape index (κ1) is 21.9. The predicted octanol–water partition coefficient (Wildman–Crippen LogP) is 5.31. The number of hydrogen-bond donors (Lipinski definition) is 5. The molecule has 0 spiro atoms. The van der Waals surface area contributed by atoms with Crippen LogP contribution in [-0.2, 0) is 6.42 Å². The van der Waals surface area contributed by atoms with Gasteiger partial charge in [0.1, 0.15) is 11.5 Å². The van der Waals surface area contributed by atoms with Crippen LogP contribution in [0, 0.1) is 0 Å². The molecule has 28 heavy (non-hydrogen) atoms. The summed E-state index contributed by atoms with van der Waals surface area (Å²) in [5.74, 6) is -3.96. The Balaban J connectivity index is 0.00000136. The zero-order valence-corrected chi connectivity index (χ0v) is 18.3. The number of benzene rings is 2. The summed E-state index contributed by atoms with van der Waals surface area (Å²) in [5, 5.41) is 49.3. The van der Waals surface area contributed by atoms with Crippen LogP contribution in [0.2, 0.25) is 0 Å². The van der Waals surface area contributed by atoms with Crippen molar-refractivity contribution in [2.75, 3.05) is 0 Å². The summed E-state index contributed by atoms with van der Waals surface area (Å²) >= 11 is 6.29. The molecule has 7 nitrogen and oxygen atoms in total. The molecule has 2 aromatic carbocycles. The first-order valence-electron chi connectivity index (χ1n) is 8.32. The molecule has 5 N–H and O–H groups in total. The molecular weight excluding hydrogens is 500 g/mol. The van der Waals surface area contributed by atoms with Gasteiger partial charge in [-0.1, -0.05) is 20.8 Å². The summed E-state index contributed by atoms with van der Waals surface area (Å²) in [6.07, 6.45) is 0.247. The zero-order valence-electron chi connectivity index (χ0n) is 15.2. The predicted molar refractivity (Wildman–Crippen MR) is 111 cm³/mol. The number of phenolic OH excluding ortho intramolecular Hbond substituents is 5. The third-order valence-electron chi connectivity index (χ3n) is 3.93. The number of ketones is 1. The minimum Gasteiger partial charge on any atom is -0.506 e. The van der Waals surface area contributed by atoms with E-state index in [-0.39, 0.29) is 49.0 Å². The van der Waals surface area contributed by atoms with Crippen LogP contribution in [0.5, 0.6) is 28.7 Å². The second kappa shape index (κ2) is 8.32. The Morgan fingerprint density at radius 2 is 1.39 bits per heavy atom. The van der Waals surface area contributed by atoms with Crippen molar-refractivity contribution < 1.29 is 34.7 Å². The van der Waals surface area contributed by atoms with E-state index in [0.29, 0.717) is 0 Å². The van der Waals surface area contributed by atoms with Gasteiger partial charge in [0.2, 0.25) is 17.2 Å². The molecule has 0 unspecified atom stereocenters. The Bertz CT molecular complexity index is 1050. The van der Waals surface area contributed by atoms with Crippen LogP contribution in [-0.4, -0.2) is 31.3 Å². The van der Waals surface area contributed by atoms with Gasteiger partial charge in [-0.3, -0.25) is 4.79 Å². The molecule has 0 aliphatic carbocycles. The third kappa shape index (κ3) is 3.40. The van der Waals surface area contributed by atoms with Crippen molar-refractivity contribution in [3.8, 4) is 28.7 Å². The SMILES string of the molecule is CC.CCc1oc2c(O)c(O)c(O)c(O)c2c1C(=O)c1cc(Br)c(O)c(Br)c1. The van der Waals surface area contributed by atoms with Gasteiger partial charge in [-0.15, -0.1) is 0 Å². The number of furan rings is 1. The molecule has 0 saturated carbocycles. The van der Waals surface area contributed by atoms with Gasteiger partial charge >= 0.3 is 0 Å². The van der Waals surface area contributed by atoms with Crippen LogP contribution < -0.4 is 0 Å². The van der Waals surface area contributed by atoms with Crippen LogP contribution in [0.15, 0.2) is 25.5 Å². The van der Waals surface area contributed by atoms with Crippen LogP contribution in [0.25, 0.3) is 11.0 Å². The smallest absolute Gasteiger partial charge is 0.208 e. The number of rotatable bonds is 3. The number of hydrogen-bond acceptors (Lipinski definition) is 7. The van der Waals surface area contributed by atoms with Crippen LogP contribution in [0.4, 0.5) is 0 Å². The monoisotopic (exact) mass is 516 g/mol. The molecule has 3 rings (SSSR count). The molecule has 0 atom stereocenters. The van der Waals surface area contributed by atoms with Crippen molar-refractivity contribution in [1.29, 1.82) is 0 Å². The molecular formula is C19H18Br2O7. The van der Waals surface area contributed by atoms with Gasteiger partial charge in [0.05, 0.1) is 19.9 Å². The van der Waals surface area contributed by atoms with Crippen molar-refractivity contribution in [1.82, 2.24) is 0 Å². The van der Waals surface area contributed by atoms with E-state index in [1.807, 2.05) is 13.8 Å². The van der Waals surface area contributed by atoms with Gasteiger partial charge < -0.3 is 29.9 Å². The topological polar surface area (TPSA) is 131 Å². The maximum absolute atomic E-state index is 13.1. The molecule has 0 radical (unpaired) electrons. The zero-order chi connectivity index (χ0) is 21.3. The lowest BCUT2D eigenvalue weighted by atomic mass is 9.98. The van der Waals surface area contributed by atoms with E-state index in [1.54, 1.807) is 6.92 Å². The van der Waals surface area contributed by atoms with Crippen molar-refractivity contribution in [2.24, 2.45) is 0 Å². The van der Waals surface area contributed by atoms with E-state index in [0.717, 1.165) is 0 Å². The first-order valence-corrected chi connectivity index (χ1v) is 9.91. The molecule has 0 aliphatic heterocycles. The molecule has 0 fully saturated rings. The summed E-state index contributed by atoms with van der Waals surface area (Å²) in [4.78, 5) is 13.1. The normalized spacial score (nSPS) is 10.6. The number of aryl methyl sites for hydroxylation is 1. The molecule has 0 saturated heterocycles. The lowest BCUT2D eigenvalue weighted by Gasteiger charge is -2.08. The highest BCUT2D eigenvalue weighted by Gasteiger charge is 2.30. The van der Waals surface area contributed by atoms with Crippen molar-refractivity contribution >= 4 is 48.6 Å². The summed E-state index contributed by atoms with van der Waals surface area (Å²) in [5.41, 5.74) is -0.213. The number of carbonyl (C=O) groups is 1. The fourth-order valence-electron chi connectivity index (χ4n) is 2.65. The van der Waals surface area contributed by atoms with Crippen LogP contribution in [0.3, 0.4) is 0 Å². The number of carbonyl (C=O) groups excluding carboxylic acids is 1. The Morgan fingerprint density at radius 1 is 0.893 bits per heavy atom. The van der Waals surface area contributed by atoms with Gasteiger partial charge in [-0.25, -0.2) is 0 Å². The van der Waals surface area contributed by atoms with Crippen LogP contribution >= 0.6 is 31.9 Å². The Hall–Kier alpha value is -2.39. The maximum atomic E-state index is 13.1. The third-order valence-corrected chi connectivity index (χ3v) is 5.14. The van der Waals surface area contributed by atoms with Crippen molar-refractivity contribution in [3.63, 3.8) is 0 Å². The summed E-state index contributed by atoms with van der Waals surface area (Å²) in [7, 11) is 0. The fraction of sp³-hybridized carbons (Fsp3) is 0.211. The summed E-state index contributed by atoms with van der Waals surface area (Å²) in [6.45, 7) is 5.70. The van der Waals surface area contributed by atoms with Crippen molar-refractivity contribution in [2.45, 2.75) is 27.2 Å². The molecule has 1 heterocycles. The lowest BCUT2D eigenvalue weighted by molar-refractivity contribution is 0.103. The highest BCUT2D eigenvalue weighted by molar-refractivity contribution is 9.11. The van der Waals surface area contributed by atoms with Gasteiger partial charge in [0.25, 0.3) is 0 Å². The highest BCUT2D eigenvalue weighted by atomic mass is 79.9. The molecule has 0 aliphatic rings. The minimum atomic E-state index is -0.958. The van der Waals surface area contributed by atoms with E-state index in [9.17, 15) is 30.3 Å². The van der Waals surface area contributed by atoms with Crippen LogP contribution in [0.1, 0.15) is 42.5 Å². The van der Waals surface area contributed by atoms with E-state index < -0.39 is 28.8 Å². The molecule has 0 bridgehead atoms. The molecule has 0 amide bonds. The summed E-state index contributed by atoms with van der Waals surface area (Å²) in [6, 6.07) is 2.77. The molecule has 9 heteroatoms. The lowest BCUT2D eigenvalue weighted by Crippen LogP contribution is -2.04. The van der Waals surface area contributed by atoms with Crippen molar-refractivity contribution in [3.05, 3.63) is 38.0 Å². The van der Waals surface area contributed by atoms with Gasteiger partial charge in [-0.2, -0.15) is 0 Å². The van der Waals surface area contributed by atoms with E-state index in [2.05, 4.69) is 31.9 Å². The quantitative estimate of drug-likeness (QED) is 0.181. The maximum Gasteiger partial charge on any atom is 0.208 e. The first-order chi connectivity index (χ1) is 13.2. The highest BCUT2D eigenvalue weighted by Crippen LogP contribution is 2.51. The molecule has 1 aromatic heterocycles. The average Bonchev–Trinajstić information content (AvgIpc) is 3.09. The fourth-order valence-corrected chi connectivity index (χ4v) is 3.84.